The summed E-state index contributed by atoms with van der Waals surface area (Å²) in [5.41, 5.74) is 0.542. The predicted molar refractivity (Wildman–Crippen MR) is 65.7 cm³/mol. The van der Waals surface area contributed by atoms with E-state index < -0.39 is 0 Å². The van der Waals surface area contributed by atoms with E-state index in [9.17, 15) is 4.79 Å². The first-order chi connectivity index (χ1) is 7.29. The summed E-state index contributed by atoms with van der Waals surface area (Å²) in [6.07, 6.45) is 6.04. The van der Waals surface area contributed by atoms with Crippen molar-refractivity contribution in [2.24, 2.45) is 11.3 Å². The second-order valence-electron chi connectivity index (χ2n) is 5.53. The molecule has 16 heavy (non-hydrogen) atoms. The molecule has 1 saturated carbocycles. The highest BCUT2D eigenvalue weighted by molar-refractivity contribution is 5.85. The molecule has 3 aliphatic rings. The number of rotatable bonds is 1. The Kier molecular flexibility index (Phi) is 3.45. The van der Waals surface area contributed by atoms with Gasteiger partial charge >= 0.3 is 0 Å². The highest BCUT2D eigenvalue weighted by Crippen LogP contribution is 2.39. The molecule has 92 valence electrons. The first kappa shape index (κ1) is 12.2. The number of nitrogens with one attached hydrogen (secondary N) is 1. The molecule has 3 fully saturated rings. The van der Waals surface area contributed by atoms with Crippen LogP contribution in [0, 0.1) is 11.3 Å². The third kappa shape index (κ3) is 2.21. The summed E-state index contributed by atoms with van der Waals surface area (Å²) in [6.45, 7) is 4.38. The monoisotopic (exact) mass is 244 g/mol. The van der Waals surface area contributed by atoms with Crippen LogP contribution in [0.3, 0.4) is 0 Å². The van der Waals surface area contributed by atoms with Gasteiger partial charge in [-0.2, -0.15) is 0 Å². The molecule has 0 aromatic heterocycles. The molecule has 3 nitrogen and oxygen atoms in total. The number of carbonyl (C=O) groups is 1. The van der Waals surface area contributed by atoms with Gasteiger partial charge in [-0.3, -0.25) is 4.79 Å². The van der Waals surface area contributed by atoms with Crippen LogP contribution in [0.1, 0.15) is 32.1 Å². The Morgan fingerprint density at radius 1 is 1.19 bits per heavy atom. The molecule has 0 bridgehead atoms. The van der Waals surface area contributed by atoms with Gasteiger partial charge in [0.05, 0.1) is 0 Å². The van der Waals surface area contributed by atoms with Crippen LogP contribution in [0.4, 0.5) is 0 Å². The lowest BCUT2D eigenvalue weighted by Crippen LogP contribution is -2.44. The van der Waals surface area contributed by atoms with E-state index in [-0.39, 0.29) is 12.4 Å². The fourth-order valence-corrected chi connectivity index (χ4v) is 3.01. The second-order valence-corrected chi connectivity index (χ2v) is 5.53. The van der Waals surface area contributed by atoms with Crippen molar-refractivity contribution >= 4 is 18.3 Å². The summed E-state index contributed by atoms with van der Waals surface area (Å²) in [6, 6.07) is 0. The van der Waals surface area contributed by atoms with Crippen LogP contribution in [0.15, 0.2) is 0 Å². The molecule has 0 aromatic rings. The van der Waals surface area contributed by atoms with E-state index in [0.29, 0.717) is 17.2 Å². The van der Waals surface area contributed by atoms with Crippen molar-refractivity contribution in [2.75, 3.05) is 26.2 Å². The van der Waals surface area contributed by atoms with Crippen LogP contribution in [0.2, 0.25) is 0 Å². The van der Waals surface area contributed by atoms with Gasteiger partial charge < -0.3 is 10.2 Å². The number of likely N-dealkylation sites (tertiary alicyclic amines) is 1. The fourth-order valence-electron chi connectivity index (χ4n) is 3.01. The highest BCUT2D eigenvalue weighted by Gasteiger charge is 2.40. The van der Waals surface area contributed by atoms with Gasteiger partial charge in [0.15, 0.2) is 0 Å². The lowest BCUT2D eigenvalue weighted by atomic mass is 9.78. The minimum Gasteiger partial charge on any atom is -0.342 e. The number of amides is 1. The molecule has 2 aliphatic heterocycles. The van der Waals surface area contributed by atoms with E-state index in [1.807, 2.05) is 0 Å². The Labute approximate surface area is 103 Å². The largest absolute Gasteiger partial charge is 0.342 e. The van der Waals surface area contributed by atoms with Gasteiger partial charge in [0.2, 0.25) is 5.91 Å². The Balaban J connectivity index is 0.000000963. The number of nitrogens with zero attached hydrogens (tertiary/aromatic N) is 1. The topological polar surface area (TPSA) is 32.3 Å². The number of hydrogen-bond acceptors (Lipinski definition) is 2. The summed E-state index contributed by atoms with van der Waals surface area (Å²) >= 11 is 0. The zero-order valence-electron chi connectivity index (χ0n) is 9.71. The second kappa shape index (κ2) is 4.53. The Morgan fingerprint density at radius 2 is 1.88 bits per heavy atom. The fraction of sp³-hybridized carbons (Fsp3) is 0.917. The van der Waals surface area contributed by atoms with Crippen molar-refractivity contribution in [1.82, 2.24) is 10.2 Å². The van der Waals surface area contributed by atoms with Crippen molar-refractivity contribution in [3.8, 4) is 0 Å². The molecule has 0 unspecified atom stereocenters. The maximum absolute atomic E-state index is 11.9. The lowest BCUT2D eigenvalue weighted by Gasteiger charge is -2.39. The maximum Gasteiger partial charge on any atom is 0.225 e. The first-order valence-corrected chi connectivity index (χ1v) is 6.29. The van der Waals surface area contributed by atoms with Gasteiger partial charge in [-0.25, -0.2) is 0 Å². The van der Waals surface area contributed by atoms with Gasteiger partial charge in [-0.05, 0) is 44.1 Å². The molecule has 0 radical (unpaired) electrons. The van der Waals surface area contributed by atoms with Gasteiger partial charge in [-0.15, -0.1) is 12.4 Å². The molecule has 1 spiro atoms. The summed E-state index contributed by atoms with van der Waals surface area (Å²) in [7, 11) is 0. The van der Waals surface area contributed by atoms with E-state index in [1.165, 1.54) is 32.4 Å². The number of piperidine rings is 1. The van der Waals surface area contributed by atoms with Crippen molar-refractivity contribution in [2.45, 2.75) is 32.1 Å². The molecule has 0 aromatic carbocycles. The van der Waals surface area contributed by atoms with Crippen molar-refractivity contribution in [1.29, 1.82) is 0 Å². The van der Waals surface area contributed by atoms with Crippen molar-refractivity contribution in [3.63, 3.8) is 0 Å². The molecule has 0 atom stereocenters. The average Bonchev–Trinajstić information content (AvgIpc) is 3.02. The number of carbonyl (C=O) groups excluding carboxylic acids is 1. The Bertz CT molecular complexity index is 262. The molecule has 2 saturated heterocycles. The summed E-state index contributed by atoms with van der Waals surface area (Å²) < 4.78 is 0. The van der Waals surface area contributed by atoms with Crippen LogP contribution >= 0.6 is 12.4 Å². The molecular weight excluding hydrogens is 224 g/mol. The SMILES string of the molecule is Cl.O=C(C1CC1)N1CCC2(CCNC2)CC1. The standard InChI is InChI=1S/C12H20N2O.ClH/c15-11(10-1-2-10)14-7-4-12(5-8-14)3-6-13-9-12;/h10,13H,1-9H2;1H. The molecule has 1 amide bonds. The van der Waals surface area contributed by atoms with E-state index in [2.05, 4.69) is 10.2 Å². The predicted octanol–water partition coefficient (Wildman–Crippen LogP) is 1.42. The number of halogens is 1. The molecule has 3 rings (SSSR count). The molecule has 1 N–H and O–H groups in total. The first-order valence-electron chi connectivity index (χ1n) is 6.29. The van der Waals surface area contributed by atoms with Gasteiger partial charge in [0.25, 0.3) is 0 Å². The molecule has 1 aliphatic carbocycles. The summed E-state index contributed by atoms with van der Waals surface area (Å²) in [5.74, 6) is 0.844. The third-order valence-corrected chi connectivity index (χ3v) is 4.39. The smallest absolute Gasteiger partial charge is 0.225 e. The minimum absolute atomic E-state index is 0. The Hall–Kier alpha value is -0.280. The van der Waals surface area contributed by atoms with E-state index >= 15 is 0 Å². The summed E-state index contributed by atoms with van der Waals surface area (Å²) in [5, 5.41) is 3.46. The van der Waals surface area contributed by atoms with Gasteiger partial charge in [0.1, 0.15) is 0 Å². The van der Waals surface area contributed by atoms with Gasteiger partial charge in [-0.1, -0.05) is 0 Å². The van der Waals surface area contributed by atoms with E-state index in [0.717, 1.165) is 25.9 Å². The number of hydrogen-bond donors (Lipinski definition) is 1. The van der Waals surface area contributed by atoms with Gasteiger partial charge in [0, 0.05) is 25.6 Å². The Morgan fingerprint density at radius 3 is 2.38 bits per heavy atom. The van der Waals surface area contributed by atoms with Crippen molar-refractivity contribution in [3.05, 3.63) is 0 Å². The van der Waals surface area contributed by atoms with Crippen LogP contribution in [0.5, 0.6) is 0 Å². The van der Waals surface area contributed by atoms with Crippen LogP contribution in [0.25, 0.3) is 0 Å². The average molecular weight is 245 g/mol. The lowest BCUT2D eigenvalue weighted by molar-refractivity contribution is -0.134. The molecule has 4 heteroatoms. The van der Waals surface area contributed by atoms with E-state index in [4.69, 9.17) is 0 Å². The third-order valence-electron chi connectivity index (χ3n) is 4.39. The zero-order valence-corrected chi connectivity index (χ0v) is 10.5. The van der Waals surface area contributed by atoms with Crippen LogP contribution in [-0.4, -0.2) is 37.0 Å². The minimum atomic E-state index is 0. The quantitative estimate of drug-likeness (QED) is 0.757. The normalized spacial score (nSPS) is 27.9. The molecular formula is C12H21ClN2O. The van der Waals surface area contributed by atoms with Crippen molar-refractivity contribution < 1.29 is 4.79 Å². The maximum atomic E-state index is 11.9. The summed E-state index contributed by atoms with van der Waals surface area (Å²) in [4.78, 5) is 14.0. The van der Waals surface area contributed by atoms with E-state index in [1.54, 1.807) is 0 Å². The van der Waals surface area contributed by atoms with Crippen LogP contribution < -0.4 is 5.32 Å². The highest BCUT2D eigenvalue weighted by atomic mass is 35.5. The molecule has 2 heterocycles. The van der Waals surface area contributed by atoms with Crippen LogP contribution in [-0.2, 0) is 4.79 Å². The zero-order chi connectivity index (χ0) is 10.3.